The summed E-state index contributed by atoms with van der Waals surface area (Å²) in [6.07, 6.45) is 5.97. The van der Waals surface area contributed by atoms with Gasteiger partial charge in [0.25, 0.3) is 5.91 Å². The summed E-state index contributed by atoms with van der Waals surface area (Å²) in [7, 11) is 0. The zero-order valence-corrected chi connectivity index (χ0v) is 11.8. The lowest BCUT2D eigenvalue weighted by atomic mass is 9.85. The smallest absolute Gasteiger partial charge is 0.255 e. The summed E-state index contributed by atoms with van der Waals surface area (Å²) in [6, 6.07) is 1.85. The van der Waals surface area contributed by atoms with Crippen LogP contribution in [0.4, 0.5) is 0 Å². The van der Waals surface area contributed by atoms with E-state index in [1.54, 1.807) is 6.07 Å². The molecule has 1 aromatic heterocycles. The highest BCUT2D eigenvalue weighted by atomic mass is 79.9. The van der Waals surface area contributed by atoms with E-state index in [1.807, 2.05) is 0 Å². The van der Waals surface area contributed by atoms with Crippen LogP contribution in [-0.4, -0.2) is 17.8 Å². The molecule has 3 nitrogen and oxygen atoms in total. The van der Waals surface area contributed by atoms with Crippen LogP contribution < -0.4 is 5.32 Å². The Balaban J connectivity index is 2.00. The fraction of sp³-hybridized carbons (Fsp3) is 0.583. The molecule has 5 heteroatoms. The van der Waals surface area contributed by atoms with Crippen LogP contribution in [0.2, 0.25) is 0 Å². The van der Waals surface area contributed by atoms with E-state index >= 15 is 0 Å². The van der Waals surface area contributed by atoms with Crippen molar-refractivity contribution in [1.82, 2.24) is 5.32 Å². The minimum atomic E-state index is -0.0901. The van der Waals surface area contributed by atoms with Gasteiger partial charge in [-0.3, -0.25) is 4.79 Å². The summed E-state index contributed by atoms with van der Waals surface area (Å²) in [5.41, 5.74) is 0.545. The first-order valence-electron chi connectivity index (χ1n) is 5.82. The lowest BCUT2D eigenvalue weighted by molar-refractivity contribution is 0.0909. The molecule has 17 heavy (non-hydrogen) atoms. The zero-order valence-electron chi connectivity index (χ0n) is 9.42. The Morgan fingerprint density at radius 3 is 2.94 bits per heavy atom. The molecule has 1 aliphatic carbocycles. The summed E-state index contributed by atoms with van der Waals surface area (Å²) in [4.78, 5) is 12.0. The maximum Gasteiger partial charge on any atom is 0.255 e. The van der Waals surface area contributed by atoms with Crippen molar-refractivity contribution >= 4 is 33.4 Å². The Kier molecular flexibility index (Phi) is 4.51. The Labute approximate surface area is 114 Å². The van der Waals surface area contributed by atoms with Crippen molar-refractivity contribution in [3.63, 3.8) is 0 Å². The first-order chi connectivity index (χ1) is 8.22. The van der Waals surface area contributed by atoms with Gasteiger partial charge in [-0.2, -0.15) is 0 Å². The van der Waals surface area contributed by atoms with Crippen molar-refractivity contribution < 1.29 is 9.21 Å². The Morgan fingerprint density at radius 2 is 2.29 bits per heavy atom. The number of rotatable bonds is 3. The molecule has 1 aromatic rings. The van der Waals surface area contributed by atoms with Gasteiger partial charge in [-0.1, -0.05) is 12.8 Å². The van der Waals surface area contributed by atoms with Crippen LogP contribution in [0.5, 0.6) is 0 Å². The van der Waals surface area contributed by atoms with Gasteiger partial charge in [0.05, 0.1) is 11.8 Å². The van der Waals surface area contributed by atoms with Gasteiger partial charge in [0.15, 0.2) is 4.67 Å². The van der Waals surface area contributed by atoms with Crippen LogP contribution in [0.25, 0.3) is 0 Å². The van der Waals surface area contributed by atoms with Gasteiger partial charge < -0.3 is 9.73 Å². The second kappa shape index (κ2) is 5.91. The van der Waals surface area contributed by atoms with Gasteiger partial charge in [0.2, 0.25) is 0 Å². The maximum absolute atomic E-state index is 12.0. The first kappa shape index (κ1) is 13.0. The van der Waals surface area contributed by atoms with E-state index in [2.05, 4.69) is 21.2 Å². The van der Waals surface area contributed by atoms with Gasteiger partial charge >= 0.3 is 0 Å². The molecule has 1 amide bonds. The molecule has 0 aliphatic heterocycles. The summed E-state index contributed by atoms with van der Waals surface area (Å²) in [5, 5.41) is 3.05. The van der Waals surface area contributed by atoms with Gasteiger partial charge in [-0.15, -0.1) is 11.6 Å². The van der Waals surface area contributed by atoms with Crippen molar-refractivity contribution in [1.29, 1.82) is 0 Å². The molecule has 1 fully saturated rings. The van der Waals surface area contributed by atoms with Crippen LogP contribution in [0.3, 0.4) is 0 Å². The van der Waals surface area contributed by atoms with E-state index in [0.29, 0.717) is 22.0 Å². The van der Waals surface area contributed by atoms with Crippen LogP contribution in [0.15, 0.2) is 21.4 Å². The molecule has 2 atom stereocenters. The van der Waals surface area contributed by atoms with Crippen molar-refractivity contribution in [2.75, 3.05) is 5.88 Å². The predicted octanol–water partition coefficient (Wildman–Crippen LogP) is 3.57. The van der Waals surface area contributed by atoms with E-state index in [-0.39, 0.29) is 11.9 Å². The topological polar surface area (TPSA) is 42.2 Å². The fourth-order valence-corrected chi connectivity index (χ4v) is 3.07. The number of amides is 1. The van der Waals surface area contributed by atoms with Crippen LogP contribution >= 0.6 is 27.5 Å². The number of hydrogen-bond acceptors (Lipinski definition) is 2. The molecule has 2 unspecified atom stereocenters. The summed E-state index contributed by atoms with van der Waals surface area (Å²) >= 11 is 9.15. The summed E-state index contributed by atoms with van der Waals surface area (Å²) in [6.45, 7) is 0. The number of nitrogens with one attached hydrogen (secondary N) is 1. The van der Waals surface area contributed by atoms with Gasteiger partial charge in [-0.05, 0) is 40.8 Å². The molecule has 0 bridgehead atoms. The molecule has 1 heterocycles. The highest BCUT2D eigenvalue weighted by Crippen LogP contribution is 2.26. The molecular weight excluding hydrogens is 305 g/mol. The molecule has 0 spiro atoms. The number of hydrogen-bond donors (Lipinski definition) is 1. The molecule has 94 valence electrons. The second-order valence-electron chi connectivity index (χ2n) is 4.39. The van der Waals surface area contributed by atoms with Crippen LogP contribution in [0, 0.1) is 5.92 Å². The van der Waals surface area contributed by atoms with Crippen molar-refractivity contribution in [2.45, 2.75) is 31.7 Å². The maximum atomic E-state index is 12.0. The molecule has 0 radical (unpaired) electrons. The normalized spacial score (nSPS) is 24.6. The standard InChI is InChI=1S/C12H15BrClNO2/c13-11-9(5-6-17-11)12(16)15-10-4-2-1-3-8(10)7-14/h5-6,8,10H,1-4,7H2,(H,15,16). The van der Waals surface area contributed by atoms with E-state index in [9.17, 15) is 4.79 Å². The largest absolute Gasteiger partial charge is 0.457 e. The third-order valence-corrected chi connectivity index (χ3v) is 4.30. The Morgan fingerprint density at radius 1 is 1.53 bits per heavy atom. The lowest BCUT2D eigenvalue weighted by Crippen LogP contribution is -2.42. The highest BCUT2D eigenvalue weighted by molar-refractivity contribution is 9.10. The third kappa shape index (κ3) is 3.05. The van der Waals surface area contributed by atoms with Crippen LogP contribution in [-0.2, 0) is 0 Å². The van der Waals surface area contributed by atoms with Crippen molar-refractivity contribution in [3.05, 3.63) is 22.6 Å². The van der Waals surface area contributed by atoms with Crippen LogP contribution in [0.1, 0.15) is 36.0 Å². The monoisotopic (exact) mass is 319 g/mol. The molecule has 2 rings (SSSR count). The van der Waals surface area contributed by atoms with E-state index in [0.717, 1.165) is 19.3 Å². The average Bonchev–Trinajstić information content (AvgIpc) is 2.76. The molecule has 1 aliphatic rings. The Hall–Kier alpha value is -0.480. The number of furan rings is 1. The van der Waals surface area contributed by atoms with Crippen molar-refractivity contribution in [3.8, 4) is 0 Å². The van der Waals surface area contributed by atoms with E-state index in [4.69, 9.17) is 16.0 Å². The molecule has 1 N–H and O–H groups in total. The minimum Gasteiger partial charge on any atom is -0.457 e. The van der Waals surface area contributed by atoms with Gasteiger partial charge in [-0.25, -0.2) is 0 Å². The molecule has 0 aromatic carbocycles. The van der Waals surface area contributed by atoms with Gasteiger partial charge in [0.1, 0.15) is 0 Å². The highest BCUT2D eigenvalue weighted by Gasteiger charge is 2.26. The average molecular weight is 321 g/mol. The third-order valence-electron chi connectivity index (χ3n) is 3.29. The number of alkyl halides is 1. The molecular formula is C12H15BrClNO2. The number of halogens is 2. The van der Waals surface area contributed by atoms with Crippen molar-refractivity contribution in [2.24, 2.45) is 5.92 Å². The number of carbonyl (C=O) groups excluding carboxylic acids is 1. The minimum absolute atomic E-state index is 0.0901. The lowest BCUT2D eigenvalue weighted by Gasteiger charge is -2.30. The van der Waals surface area contributed by atoms with Gasteiger partial charge in [0, 0.05) is 11.9 Å². The zero-order chi connectivity index (χ0) is 12.3. The molecule has 0 saturated heterocycles. The van der Waals surface area contributed by atoms with E-state index in [1.165, 1.54) is 12.7 Å². The quantitative estimate of drug-likeness (QED) is 0.865. The summed E-state index contributed by atoms with van der Waals surface area (Å²) in [5.74, 6) is 0.907. The summed E-state index contributed by atoms with van der Waals surface area (Å²) < 4.78 is 5.54. The SMILES string of the molecule is O=C(NC1CCCCC1CCl)c1ccoc1Br. The Bertz CT molecular complexity index is 394. The molecule has 1 saturated carbocycles. The second-order valence-corrected chi connectivity index (χ2v) is 5.42. The first-order valence-corrected chi connectivity index (χ1v) is 7.15. The van der Waals surface area contributed by atoms with E-state index < -0.39 is 0 Å². The predicted molar refractivity (Wildman–Crippen MR) is 70.3 cm³/mol. The fourth-order valence-electron chi connectivity index (χ4n) is 2.28. The number of carbonyl (C=O) groups is 1.